The predicted molar refractivity (Wildman–Crippen MR) is 176 cm³/mol. The number of hydrogen-bond acceptors (Lipinski definition) is 8. The lowest BCUT2D eigenvalue weighted by Gasteiger charge is -2.46. The Morgan fingerprint density at radius 2 is 1.80 bits per heavy atom. The Labute approximate surface area is 270 Å². The molecule has 0 aliphatic carbocycles. The van der Waals surface area contributed by atoms with Crippen molar-refractivity contribution in [1.82, 2.24) is 5.32 Å². The second-order valence-electron chi connectivity index (χ2n) is 14.7. The van der Waals surface area contributed by atoms with Gasteiger partial charge in [0.25, 0.3) is 0 Å². The fourth-order valence-electron chi connectivity index (χ4n) is 5.76. The normalized spacial score (nSPS) is 33.4. The average molecular weight is 649 g/mol. The largest absolute Gasteiger partial charge is 0.459 e. The van der Waals surface area contributed by atoms with Crippen molar-refractivity contribution in [2.45, 2.75) is 147 Å². The molecule has 0 unspecified atom stereocenters. The van der Waals surface area contributed by atoms with E-state index in [1.54, 1.807) is 13.0 Å². The lowest BCUT2D eigenvalue weighted by Crippen LogP contribution is -2.57. The van der Waals surface area contributed by atoms with Gasteiger partial charge in [-0.2, -0.15) is 0 Å². The second kappa shape index (κ2) is 15.1. The van der Waals surface area contributed by atoms with E-state index in [0.717, 1.165) is 18.4 Å². The molecule has 0 bridgehead atoms. The zero-order chi connectivity index (χ0) is 33.7. The summed E-state index contributed by atoms with van der Waals surface area (Å²) >= 11 is 0. The van der Waals surface area contributed by atoms with Crippen LogP contribution in [-0.2, 0) is 37.8 Å². The Kier molecular flexibility index (Phi) is 12.4. The highest BCUT2D eigenvalue weighted by Crippen LogP contribution is 2.48. The van der Waals surface area contributed by atoms with E-state index in [0.29, 0.717) is 13.0 Å². The Morgan fingerprint density at radius 1 is 1.13 bits per heavy atom. The van der Waals surface area contributed by atoms with Gasteiger partial charge in [0.05, 0.1) is 37.4 Å². The van der Waals surface area contributed by atoms with E-state index in [2.05, 4.69) is 65.2 Å². The molecular weight excluding hydrogens is 592 g/mol. The molecule has 3 heterocycles. The predicted octanol–water partition coefficient (Wildman–Crippen LogP) is 4.88. The number of ether oxygens (including phenoxy) is 4. The van der Waals surface area contributed by atoms with E-state index < -0.39 is 26.0 Å². The van der Waals surface area contributed by atoms with Gasteiger partial charge in [-0.15, -0.1) is 0 Å². The molecule has 0 aromatic heterocycles. The molecular formula is C34H56N2O8Si. The van der Waals surface area contributed by atoms with Gasteiger partial charge in [0.2, 0.25) is 11.8 Å². The zero-order valence-electron chi connectivity index (χ0n) is 28.9. The van der Waals surface area contributed by atoms with Gasteiger partial charge in [-0.1, -0.05) is 51.5 Å². The van der Waals surface area contributed by atoms with Gasteiger partial charge in [-0.05, 0) is 63.7 Å². The molecule has 3 aliphatic rings. The standard InChI is InChI=1S/C34H56N2O8Si/c1-21(11-14-28-22(2)17-27(24(4)42-28)36-31(39)16-13-23(3)41-25(5)37)12-15-29-32(44-45(9,10)33(6,7)8)34(20-40-34)19-26(43-29)18-30(35)38/h11-13,15-16,22-24,26-29,32H,14,17-20H2,1-10H3,(H2,35,38)(H,36,39)/b15-12+,16-13-,21-11+/t22-,23-,24+,26+,27+,28-,29+,32+,34+/m0/s1. The minimum Gasteiger partial charge on any atom is -0.459 e. The molecule has 0 aromatic rings. The smallest absolute Gasteiger partial charge is 0.303 e. The second-order valence-corrected chi connectivity index (χ2v) is 19.4. The highest BCUT2D eigenvalue weighted by molar-refractivity contribution is 6.74. The van der Waals surface area contributed by atoms with Crippen LogP contribution in [0, 0.1) is 5.92 Å². The highest BCUT2D eigenvalue weighted by atomic mass is 28.4. The van der Waals surface area contributed by atoms with E-state index in [-0.39, 0.29) is 65.8 Å². The number of primary amides is 1. The van der Waals surface area contributed by atoms with Crippen LogP contribution >= 0.6 is 0 Å². The summed E-state index contributed by atoms with van der Waals surface area (Å²) in [5.74, 6) is -0.785. The van der Waals surface area contributed by atoms with Crippen molar-refractivity contribution in [3.63, 3.8) is 0 Å². The molecule has 10 nitrogen and oxygen atoms in total. The number of amides is 2. The number of nitrogens with two attached hydrogens (primary N) is 1. The van der Waals surface area contributed by atoms with Crippen LogP contribution in [0.2, 0.25) is 18.1 Å². The minimum atomic E-state index is -2.14. The van der Waals surface area contributed by atoms with E-state index in [4.69, 9.17) is 29.1 Å². The van der Waals surface area contributed by atoms with Crippen LogP contribution in [0.5, 0.6) is 0 Å². The molecule has 0 aromatic carbocycles. The summed E-state index contributed by atoms with van der Waals surface area (Å²) in [5.41, 5.74) is 6.15. The number of hydrogen-bond donors (Lipinski definition) is 2. The summed E-state index contributed by atoms with van der Waals surface area (Å²) in [4.78, 5) is 35.3. The van der Waals surface area contributed by atoms with Gasteiger partial charge >= 0.3 is 5.97 Å². The molecule has 11 heteroatoms. The Hall–Kier alpha value is -2.31. The van der Waals surface area contributed by atoms with Crippen molar-refractivity contribution in [2.75, 3.05) is 6.61 Å². The average Bonchev–Trinajstić information content (AvgIpc) is 3.67. The molecule has 3 saturated heterocycles. The lowest BCUT2D eigenvalue weighted by atomic mass is 9.87. The van der Waals surface area contributed by atoms with Gasteiger partial charge in [0, 0.05) is 19.4 Å². The number of carbonyl (C=O) groups is 3. The van der Waals surface area contributed by atoms with Crippen LogP contribution in [0.4, 0.5) is 0 Å². The summed E-state index contributed by atoms with van der Waals surface area (Å²) in [6, 6.07) is -0.117. The summed E-state index contributed by atoms with van der Waals surface area (Å²) in [5, 5.41) is 3.05. The lowest BCUT2D eigenvalue weighted by molar-refractivity contribution is -0.143. The van der Waals surface area contributed by atoms with Crippen molar-refractivity contribution >= 4 is 26.1 Å². The summed E-state index contributed by atoms with van der Waals surface area (Å²) in [7, 11) is -2.14. The van der Waals surface area contributed by atoms with Gasteiger partial charge in [-0.3, -0.25) is 14.4 Å². The molecule has 45 heavy (non-hydrogen) atoms. The number of allylic oxidation sites excluding steroid dienone is 2. The minimum absolute atomic E-state index is 0.0136. The van der Waals surface area contributed by atoms with Crippen LogP contribution in [0.25, 0.3) is 0 Å². The Morgan fingerprint density at radius 3 is 2.38 bits per heavy atom. The third-order valence-electron chi connectivity index (χ3n) is 9.55. The van der Waals surface area contributed by atoms with Gasteiger partial charge in [-0.25, -0.2) is 0 Å². The van der Waals surface area contributed by atoms with Gasteiger partial charge < -0.3 is 34.4 Å². The van der Waals surface area contributed by atoms with Gasteiger partial charge in [0.1, 0.15) is 23.9 Å². The molecule has 9 atom stereocenters. The SMILES string of the molecule is CC(=O)O[C@@H](C)/C=C\C(=O)N[C@@H]1C[C@H](C)[C@H](C/C=C(C)/C=C/[C@H]2O[C@H](CC(N)=O)C[C@@]3(CO3)[C@@H]2O[Si](C)(C)C(C)(C)C)O[C@@H]1C. The highest BCUT2D eigenvalue weighted by Gasteiger charge is 2.61. The molecule has 0 saturated carbocycles. The number of rotatable bonds is 12. The topological polar surface area (TPSA) is 139 Å². The molecule has 3 aliphatic heterocycles. The van der Waals surface area contributed by atoms with Crippen molar-refractivity contribution in [2.24, 2.45) is 11.7 Å². The van der Waals surface area contributed by atoms with Crippen LogP contribution in [0.3, 0.4) is 0 Å². The fraction of sp³-hybridized carbons (Fsp3) is 0.735. The first-order chi connectivity index (χ1) is 20.8. The van der Waals surface area contributed by atoms with Crippen molar-refractivity contribution in [1.29, 1.82) is 0 Å². The van der Waals surface area contributed by atoms with Crippen LogP contribution < -0.4 is 11.1 Å². The molecule has 254 valence electrons. The van der Waals surface area contributed by atoms with E-state index in [1.165, 1.54) is 13.0 Å². The first-order valence-electron chi connectivity index (χ1n) is 16.2. The van der Waals surface area contributed by atoms with Crippen LogP contribution in [0.15, 0.2) is 36.0 Å². The van der Waals surface area contributed by atoms with Crippen LogP contribution in [0.1, 0.15) is 81.1 Å². The quantitative estimate of drug-likeness (QED) is 0.100. The molecule has 3 fully saturated rings. The number of epoxide rings is 1. The maximum Gasteiger partial charge on any atom is 0.303 e. The molecule has 2 amide bonds. The van der Waals surface area contributed by atoms with Crippen molar-refractivity contribution < 1.29 is 37.8 Å². The first-order valence-corrected chi connectivity index (χ1v) is 19.1. The fourth-order valence-corrected chi connectivity index (χ4v) is 7.10. The number of nitrogens with one attached hydrogen (secondary N) is 1. The van der Waals surface area contributed by atoms with E-state index in [1.807, 2.05) is 13.0 Å². The third kappa shape index (κ3) is 10.6. The molecule has 3 rings (SSSR count). The summed E-state index contributed by atoms with van der Waals surface area (Å²) in [6.45, 7) is 20.9. The van der Waals surface area contributed by atoms with Gasteiger partial charge in [0.15, 0.2) is 8.32 Å². The first kappa shape index (κ1) is 37.1. The van der Waals surface area contributed by atoms with E-state index in [9.17, 15) is 14.4 Å². The maximum atomic E-state index is 12.5. The van der Waals surface area contributed by atoms with Crippen molar-refractivity contribution in [3.05, 3.63) is 36.0 Å². The molecule has 1 spiro atoms. The number of carbonyl (C=O) groups excluding carboxylic acids is 3. The van der Waals surface area contributed by atoms with Crippen molar-refractivity contribution in [3.8, 4) is 0 Å². The molecule has 3 N–H and O–H groups in total. The summed E-state index contributed by atoms with van der Waals surface area (Å²) < 4.78 is 30.7. The number of esters is 1. The maximum absolute atomic E-state index is 12.5. The third-order valence-corrected chi connectivity index (χ3v) is 14.0. The molecule has 0 radical (unpaired) electrons. The van der Waals surface area contributed by atoms with Crippen LogP contribution in [-0.4, -0.2) is 81.0 Å². The zero-order valence-corrected chi connectivity index (χ0v) is 29.9. The monoisotopic (exact) mass is 648 g/mol. The Bertz CT molecular complexity index is 1160. The van der Waals surface area contributed by atoms with E-state index >= 15 is 0 Å². The Balaban J connectivity index is 1.63. The summed E-state index contributed by atoms with van der Waals surface area (Å²) in [6.07, 6.45) is 9.92.